The highest BCUT2D eigenvalue weighted by molar-refractivity contribution is 5.99. The van der Waals surface area contributed by atoms with E-state index in [-0.39, 0.29) is 25.9 Å². The maximum atomic E-state index is 15.0. The smallest absolute Gasteiger partial charge is 0.248 e. The van der Waals surface area contributed by atoms with Crippen molar-refractivity contribution in [2.45, 2.75) is 128 Å². The van der Waals surface area contributed by atoms with Crippen molar-refractivity contribution in [2.75, 3.05) is 61.9 Å². The maximum Gasteiger partial charge on any atom is 0.248 e. The van der Waals surface area contributed by atoms with E-state index in [0.29, 0.717) is 32.1 Å². The molecule has 9 unspecified atom stereocenters. The van der Waals surface area contributed by atoms with E-state index in [1.807, 2.05) is 88.4 Å². The molecule has 8 amide bonds. The molecule has 0 radical (unpaired) electrons. The minimum atomic E-state index is -1.49. The van der Waals surface area contributed by atoms with Crippen molar-refractivity contribution < 1.29 is 43.5 Å². The topological polar surface area (TPSA) is 183 Å². The SMILES string of the molecule is CCC(C)C1C(=O)N2CCCC2C(=O)N(C)CC(=O)N(C)C(Cc2ccccc2)C(=O)N(C)C(C(C)C)C(=O)N2CCCC2C(=O)N(C)C(Cc2ccccc2)C(=O)N(C)C(C(C)O)C(=O)N1C. The number of hydrogen-bond acceptors (Lipinski definition) is 9. The normalized spacial score (nSPS) is 27.0. The molecule has 3 fully saturated rings. The lowest BCUT2D eigenvalue weighted by Crippen LogP contribution is -2.63. The molecule has 372 valence electrons. The summed E-state index contributed by atoms with van der Waals surface area (Å²) in [5.74, 6) is -5.17. The van der Waals surface area contributed by atoms with Gasteiger partial charge in [-0.05, 0) is 55.6 Å². The molecule has 3 aliphatic heterocycles. The van der Waals surface area contributed by atoms with E-state index < -0.39 is 114 Å². The lowest BCUT2D eigenvalue weighted by Gasteiger charge is -2.42. The van der Waals surface area contributed by atoms with Crippen molar-refractivity contribution in [3.63, 3.8) is 0 Å². The zero-order valence-electron chi connectivity index (χ0n) is 41.9. The summed E-state index contributed by atoms with van der Waals surface area (Å²) in [6.45, 7) is 8.74. The van der Waals surface area contributed by atoms with Gasteiger partial charge in [-0.25, -0.2) is 0 Å². The molecule has 0 bridgehead atoms. The molecule has 0 spiro atoms. The van der Waals surface area contributed by atoms with Gasteiger partial charge in [0.2, 0.25) is 47.3 Å². The third-order valence-corrected chi connectivity index (χ3v) is 14.5. The first kappa shape index (κ1) is 53.1. The van der Waals surface area contributed by atoms with Gasteiger partial charge in [-0.15, -0.1) is 0 Å². The summed E-state index contributed by atoms with van der Waals surface area (Å²) in [5, 5.41) is 11.3. The molecule has 2 aromatic carbocycles. The van der Waals surface area contributed by atoms with Crippen LogP contribution in [-0.2, 0) is 51.2 Å². The van der Waals surface area contributed by atoms with Gasteiger partial charge < -0.3 is 44.3 Å². The van der Waals surface area contributed by atoms with Gasteiger partial charge in [0.05, 0.1) is 12.6 Å². The first-order valence-electron chi connectivity index (χ1n) is 24.1. The maximum absolute atomic E-state index is 15.0. The molecule has 1 N–H and O–H groups in total. The van der Waals surface area contributed by atoms with E-state index >= 15 is 4.79 Å². The van der Waals surface area contributed by atoms with Gasteiger partial charge in [0, 0.05) is 68.2 Å². The molecule has 68 heavy (non-hydrogen) atoms. The molecule has 2 aromatic rings. The molecule has 17 nitrogen and oxygen atoms in total. The summed E-state index contributed by atoms with van der Waals surface area (Å²) in [7, 11) is 8.86. The van der Waals surface area contributed by atoms with Crippen LogP contribution in [0.2, 0.25) is 0 Å². The van der Waals surface area contributed by atoms with E-state index in [1.54, 1.807) is 0 Å². The highest BCUT2D eigenvalue weighted by Crippen LogP contribution is 2.29. The number of hydrogen-bond donors (Lipinski definition) is 1. The van der Waals surface area contributed by atoms with E-state index in [9.17, 15) is 38.7 Å². The van der Waals surface area contributed by atoms with E-state index in [0.717, 1.165) is 16.0 Å². The first-order valence-corrected chi connectivity index (χ1v) is 24.1. The van der Waals surface area contributed by atoms with Crippen LogP contribution >= 0.6 is 0 Å². The Morgan fingerprint density at radius 3 is 1.40 bits per heavy atom. The van der Waals surface area contributed by atoms with Gasteiger partial charge in [-0.2, -0.15) is 0 Å². The Morgan fingerprint density at radius 1 is 0.515 bits per heavy atom. The molecule has 0 aromatic heterocycles. The second kappa shape index (κ2) is 23.0. The van der Waals surface area contributed by atoms with E-state index in [4.69, 9.17) is 0 Å². The molecule has 0 aliphatic carbocycles. The van der Waals surface area contributed by atoms with Crippen molar-refractivity contribution in [2.24, 2.45) is 11.8 Å². The van der Waals surface area contributed by atoms with Crippen LogP contribution in [0.15, 0.2) is 60.7 Å². The molecule has 3 saturated heterocycles. The number of amides is 8. The van der Waals surface area contributed by atoms with Crippen LogP contribution in [0.5, 0.6) is 0 Å². The average molecular weight is 943 g/mol. The number of nitrogens with zero attached hydrogens (tertiary/aromatic N) is 8. The molecule has 3 heterocycles. The quantitative estimate of drug-likeness (QED) is 0.415. The molecule has 17 heteroatoms. The molecule has 9 atom stereocenters. The van der Waals surface area contributed by atoms with Gasteiger partial charge in [0.15, 0.2) is 0 Å². The Hall–Kier alpha value is -5.84. The number of carbonyl (C=O) groups is 8. The van der Waals surface area contributed by atoms with Crippen LogP contribution in [0.1, 0.15) is 77.8 Å². The minimum Gasteiger partial charge on any atom is -0.391 e. The van der Waals surface area contributed by atoms with Crippen LogP contribution in [0.3, 0.4) is 0 Å². The fraction of sp³-hybridized carbons (Fsp3) is 0.608. The fourth-order valence-electron chi connectivity index (χ4n) is 10.3. The number of rotatable bonds is 8. The third kappa shape index (κ3) is 11.4. The Bertz CT molecular complexity index is 2140. The van der Waals surface area contributed by atoms with E-state index in [2.05, 4.69) is 0 Å². The van der Waals surface area contributed by atoms with Gasteiger partial charge in [0.25, 0.3) is 0 Å². The average Bonchev–Trinajstić information content (AvgIpc) is 4.02. The second-order valence-corrected chi connectivity index (χ2v) is 19.5. The third-order valence-electron chi connectivity index (χ3n) is 14.5. The Labute approximate surface area is 402 Å². The summed E-state index contributed by atoms with van der Waals surface area (Å²) in [4.78, 5) is 129. The van der Waals surface area contributed by atoms with Crippen molar-refractivity contribution in [3.8, 4) is 0 Å². The zero-order chi connectivity index (χ0) is 50.3. The molecular formula is C51H74N8O9. The number of aliphatic hydroxyl groups is 1. The molecule has 3 aliphatic rings. The highest BCUT2D eigenvalue weighted by Gasteiger charge is 2.48. The predicted octanol–water partition coefficient (Wildman–Crippen LogP) is 2.14. The number of fused-ring (bicyclic) bond motifs is 2. The number of likely N-dealkylation sites (N-methyl/N-ethyl adjacent to an activating group) is 6. The molecular weight excluding hydrogens is 869 g/mol. The van der Waals surface area contributed by atoms with Crippen LogP contribution < -0.4 is 0 Å². The number of carbonyl (C=O) groups excluding carboxylic acids is 8. The molecule has 5 rings (SSSR count). The largest absolute Gasteiger partial charge is 0.391 e. The summed E-state index contributed by atoms with van der Waals surface area (Å²) in [6.07, 6.45) is 0.775. The van der Waals surface area contributed by atoms with Gasteiger partial charge in [0.1, 0.15) is 42.3 Å². The second-order valence-electron chi connectivity index (χ2n) is 19.5. The Balaban J connectivity index is 1.65. The highest BCUT2D eigenvalue weighted by atomic mass is 16.3. The fourth-order valence-corrected chi connectivity index (χ4v) is 10.3. The minimum absolute atomic E-state index is 0.0389. The lowest BCUT2D eigenvalue weighted by molar-refractivity contribution is -0.160. The summed E-state index contributed by atoms with van der Waals surface area (Å²) in [6, 6.07) is 10.4. The van der Waals surface area contributed by atoms with Crippen molar-refractivity contribution >= 4 is 47.3 Å². The van der Waals surface area contributed by atoms with Crippen molar-refractivity contribution in [1.82, 2.24) is 39.2 Å². The predicted molar refractivity (Wildman–Crippen MR) is 256 cm³/mol. The van der Waals surface area contributed by atoms with Crippen LogP contribution in [0.4, 0.5) is 0 Å². The Kier molecular flexibility index (Phi) is 17.9. The Morgan fingerprint density at radius 2 is 0.941 bits per heavy atom. The number of aliphatic hydroxyl groups excluding tert-OH is 1. The van der Waals surface area contributed by atoms with Crippen LogP contribution in [0.25, 0.3) is 0 Å². The van der Waals surface area contributed by atoms with E-state index in [1.165, 1.54) is 83.5 Å². The van der Waals surface area contributed by atoms with Gasteiger partial charge in [-0.1, -0.05) is 94.8 Å². The zero-order valence-corrected chi connectivity index (χ0v) is 41.9. The monoisotopic (exact) mass is 943 g/mol. The number of benzene rings is 2. The lowest BCUT2D eigenvalue weighted by atomic mass is 9.94. The van der Waals surface area contributed by atoms with Crippen LogP contribution in [-0.4, -0.2) is 202 Å². The van der Waals surface area contributed by atoms with Gasteiger partial charge >= 0.3 is 0 Å². The van der Waals surface area contributed by atoms with Crippen molar-refractivity contribution in [1.29, 1.82) is 0 Å². The summed E-state index contributed by atoms with van der Waals surface area (Å²) < 4.78 is 0. The van der Waals surface area contributed by atoms with Crippen LogP contribution in [0, 0.1) is 11.8 Å². The first-order chi connectivity index (χ1) is 32.1. The van der Waals surface area contributed by atoms with Gasteiger partial charge in [-0.3, -0.25) is 38.4 Å². The van der Waals surface area contributed by atoms with Crippen molar-refractivity contribution in [3.05, 3.63) is 71.8 Å². The summed E-state index contributed by atoms with van der Waals surface area (Å²) in [5.41, 5.74) is 1.49. The summed E-state index contributed by atoms with van der Waals surface area (Å²) >= 11 is 0. The standard InChI is InChI=1S/C51H74N8O9/c1-12-33(4)43-51(68)58-27-19-25-37(58)45(62)52(6)31-41(61)53(7)39(29-35-21-15-13-16-22-35)47(64)55(9)42(32(2)3)50(67)59-28-20-26-38(59)46(63)54(8)40(30-36-23-17-14-18-24-36)48(65)57(11)44(34(5)60)49(66)56(43)10/h13-18,21-24,32-34,37-40,42-44,60H,12,19-20,25-31H2,1-11H3. The molecule has 0 saturated carbocycles.